The summed E-state index contributed by atoms with van der Waals surface area (Å²) in [5, 5.41) is 3.08. The highest BCUT2D eigenvalue weighted by Crippen LogP contribution is 2.18. The Bertz CT molecular complexity index is 707. The molecule has 0 aliphatic carbocycles. The van der Waals surface area contributed by atoms with Gasteiger partial charge in [-0.3, -0.25) is 9.69 Å². The minimum Gasteiger partial charge on any atom is -0.379 e. The van der Waals surface area contributed by atoms with E-state index in [1.54, 1.807) is 0 Å². The zero-order valence-electron chi connectivity index (χ0n) is 15.1. The van der Waals surface area contributed by atoms with Crippen LogP contribution in [0.3, 0.4) is 0 Å². The second kappa shape index (κ2) is 9.90. The highest BCUT2D eigenvalue weighted by Gasteiger charge is 2.13. The van der Waals surface area contributed by atoms with Gasteiger partial charge in [0.25, 0.3) is 5.91 Å². The van der Waals surface area contributed by atoms with Crippen LogP contribution < -0.4 is 5.32 Å². The number of carbonyl (C=O) groups excluding carboxylic acids is 1. The molecule has 0 spiro atoms. The molecule has 0 unspecified atom stereocenters. The third kappa shape index (κ3) is 5.55. The second-order valence-electron chi connectivity index (χ2n) is 6.40. The SMILES string of the molecule is O=C(NCCCN1CCOCC1)/C(=C/c1ccccc1)c1ccccc1. The van der Waals surface area contributed by atoms with Gasteiger partial charge in [-0.25, -0.2) is 0 Å². The number of nitrogens with one attached hydrogen (secondary N) is 1. The zero-order valence-corrected chi connectivity index (χ0v) is 15.1. The van der Waals surface area contributed by atoms with Crippen LogP contribution in [-0.2, 0) is 9.53 Å². The standard InChI is InChI=1S/C22H26N2O2/c25-22(23-12-7-13-24-14-16-26-17-15-24)21(20-10-5-2-6-11-20)18-19-8-3-1-4-9-19/h1-6,8-11,18H,7,12-17H2,(H,23,25)/b21-18+. The summed E-state index contributed by atoms with van der Waals surface area (Å²) in [4.78, 5) is 15.2. The highest BCUT2D eigenvalue weighted by molar-refractivity contribution is 6.24. The summed E-state index contributed by atoms with van der Waals surface area (Å²) in [5.74, 6) is -0.0259. The molecule has 2 aromatic carbocycles. The summed E-state index contributed by atoms with van der Waals surface area (Å²) in [6.45, 7) is 5.25. The van der Waals surface area contributed by atoms with Crippen molar-refractivity contribution in [2.45, 2.75) is 6.42 Å². The van der Waals surface area contributed by atoms with E-state index in [-0.39, 0.29) is 5.91 Å². The van der Waals surface area contributed by atoms with Crippen LogP contribution in [0.15, 0.2) is 60.7 Å². The van der Waals surface area contributed by atoms with E-state index in [2.05, 4.69) is 10.2 Å². The maximum absolute atomic E-state index is 12.8. The molecule has 4 heteroatoms. The van der Waals surface area contributed by atoms with Crippen LogP contribution in [0.5, 0.6) is 0 Å². The molecule has 1 saturated heterocycles. The topological polar surface area (TPSA) is 41.6 Å². The monoisotopic (exact) mass is 350 g/mol. The number of hydrogen-bond acceptors (Lipinski definition) is 3. The predicted molar refractivity (Wildman–Crippen MR) is 106 cm³/mol. The van der Waals surface area contributed by atoms with E-state index in [1.807, 2.05) is 66.7 Å². The van der Waals surface area contributed by atoms with Gasteiger partial charge >= 0.3 is 0 Å². The van der Waals surface area contributed by atoms with Crippen LogP contribution in [0.4, 0.5) is 0 Å². The Morgan fingerprint density at radius 2 is 1.65 bits per heavy atom. The molecule has 1 fully saturated rings. The normalized spacial score (nSPS) is 15.6. The molecule has 1 aliphatic heterocycles. The van der Waals surface area contributed by atoms with Gasteiger partial charge < -0.3 is 10.1 Å². The van der Waals surface area contributed by atoms with Crippen molar-refractivity contribution in [3.63, 3.8) is 0 Å². The van der Waals surface area contributed by atoms with Crippen molar-refractivity contribution < 1.29 is 9.53 Å². The van der Waals surface area contributed by atoms with Gasteiger partial charge in [-0.2, -0.15) is 0 Å². The molecular weight excluding hydrogens is 324 g/mol. The van der Waals surface area contributed by atoms with Crippen LogP contribution in [0.1, 0.15) is 17.5 Å². The summed E-state index contributed by atoms with van der Waals surface area (Å²) in [6.07, 6.45) is 2.89. The van der Waals surface area contributed by atoms with Crippen molar-refractivity contribution in [1.82, 2.24) is 10.2 Å². The van der Waals surface area contributed by atoms with Crippen LogP contribution in [0.25, 0.3) is 11.6 Å². The Hall–Kier alpha value is -2.43. The number of carbonyl (C=O) groups is 1. The number of benzene rings is 2. The third-order valence-electron chi connectivity index (χ3n) is 4.48. The van der Waals surface area contributed by atoms with Gasteiger partial charge in [-0.1, -0.05) is 60.7 Å². The lowest BCUT2D eigenvalue weighted by atomic mass is 10.0. The van der Waals surface area contributed by atoms with Crippen LogP contribution in [0.2, 0.25) is 0 Å². The second-order valence-corrected chi connectivity index (χ2v) is 6.40. The van der Waals surface area contributed by atoms with E-state index in [1.165, 1.54) is 0 Å². The predicted octanol–water partition coefficient (Wildman–Crippen LogP) is 3.07. The Kier molecular flexibility index (Phi) is 6.99. The first-order valence-electron chi connectivity index (χ1n) is 9.23. The fraction of sp³-hybridized carbons (Fsp3) is 0.318. The van der Waals surface area contributed by atoms with Gasteiger partial charge in [0.05, 0.1) is 13.2 Å². The molecule has 0 saturated carbocycles. The van der Waals surface area contributed by atoms with Gasteiger partial charge in [0.1, 0.15) is 0 Å². The smallest absolute Gasteiger partial charge is 0.251 e. The minimum atomic E-state index is -0.0259. The first-order chi connectivity index (χ1) is 12.8. The van der Waals surface area contributed by atoms with Gasteiger partial charge in [-0.05, 0) is 30.2 Å². The van der Waals surface area contributed by atoms with E-state index >= 15 is 0 Å². The fourth-order valence-electron chi connectivity index (χ4n) is 3.04. The Morgan fingerprint density at radius 3 is 2.35 bits per heavy atom. The first kappa shape index (κ1) is 18.4. The van der Waals surface area contributed by atoms with E-state index in [0.717, 1.165) is 50.4 Å². The lowest BCUT2D eigenvalue weighted by Gasteiger charge is -2.26. The van der Waals surface area contributed by atoms with E-state index in [9.17, 15) is 4.79 Å². The van der Waals surface area contributed by atoms with Gasteiger partial charge in [0.2, 0.25) is 0 Å². The Labute approximate surface area is 155 Å². The van der Waals surface area contributed by atoms with Crippen LogP contribution >= 0.6 is 0 Å². The maximum Gasteiger partial charge on any atom is 0.251 e. The van der Waals surface area contributed by atoms with E-state index in [0.29, 0.717) is 12.1 Å². The minimum absolute atomic E-state index is 0.0259. The van der Waals surface area contributed by atoms with Crippen LogP contribution in [-0.4, -0.2) is 50.2 Å². The van der Waals surface area contributed by atoms with Gasteiger partial charge in [0.15, 0.2) is 0 Å². The largest absolute Gasteiger partial charge is 0.379 e. The average molecular weight is 350 g/mol. The molecule has 0 bridgehead atoms. The van der Waals surface area contributed by atoms with Crippen molar-refractivity contribution in [2.75, 3.05) is 39.4 Å². The lowest BCUT2D eigenvalue weighted by molar-refractivity contribution is -0.115. The van der Waals surface area contributed by atoms with E-state index < -0.39 is 0 Å². The molecular formula is C22H26N2O2. The number of nitrogens with zero attached hydrogens (tertiary/aromatic N) is 1. The molecule has 1 heterocycles. The average Bonchev–Trinajstić information content (AvgIpc) is 2.71. The summed E-state index contributed by atoms with van der Waals surface area (Å²) in [7, 11) is 0. The van der Waals surface area contributed by atoms with Crippen molar-refractivity contribution in [3.05, 3.63) is 71.8 Å². The molecule has 1 amide bonds. The first-order valence-corrected chi connectivity index (χ1v) is 9.23. The molecule has 3 rings (SSSR count). The molecule has 1 aliphatic rings. The molecule has 0 radical (unpaired) electrons. The Balaban J connectivity index is 1.61. The quantitative estimate of drug-likeness (QED) is 0.474. The summed E-state index contributed by atoms with van der Waals surface area (Å²) in [6, 6.07) is 19.8. The summed E-state index contributed by atoms with van der Waals surface area (Å²) >= 11 is 0. The number of rotatable bonds is 7. The highest BCUT2D eigenvalue weighted by atomic mass is 16.5. The summed E-state index contributed by atoms with van der Waals surface area (Å²) in [5.41, 5.74) is 2.65. The van der Waals surface area contributed by atoms with Crippen molar-refractivity contribution >= 4 is 17.6 Å². The molecule has 136 valence electrons. The number of ether oxygens (including phenoxy) is 1. The fourth-order valence-corrected chi connectivity index (χ4v) is 3.04. The van der Waals surface area contributed by atoms with Crippen molar-refractivity contribution in [2.24, 2.45) is 0 Å². The molecule has 0 atom stereocenters. The maximum atomic E-state index is 12.8. The van der Waals surface area contributed by atoms with Gasteiger partial charge in [0, 0.05) is 25.2 Å². The molecule has 2 aromatic rings. The van der Waals surface area contributed by atoms with Crippen molar-refractivity contribution in [3.8, 4) is 0 Å². The molecule has 4 nitrogen and oxygen atoms in total. The summed E-state index contributed by atoms with van der Waals surface area (Å²) < 4.78 is 5.36. The third-order valence-corrected chi connectivity index (χ3v) is 4.48. The molecule has 1 N–H and O–H groups in total. The zero-order chi connectivity index (χ0) is 18.0. The van der Waals surface area contributed by atoms with Crippen molar-refractivity contribution in [1.29, 1.82) is 0 Å². The van der Waals surface area contributed by atoms with Crippen LogP contribution in [0, 0.1) is 0 Å². The molecule has 0 aromatic heterocycles. The lowest BCUT2D eigenvalue weighted by Crippen LogP contribution is -2.38. The number of hydrogen-bond donors (Lipinski definition) is 1. The molecule has 26 heavy (non-hydrogen) atoms. The Morgan fingerprint density at radius 1 is 1.00 bits per heavy atom. The van der Waals surface area contributed by atoms with E-state index in [4.69, 9.17) is 4.74 Å². The number of amides is 1. The van der Waals surface area contributed by atoms with Gasteiger partial charge in [-0.15, -0.1) is 0 Å². The number of morpholine rings is 1.